The molecule has 0 radical (unpaired) electrons. The first-order valence-electron chi connectivity index (χ1n) is 10.2. The van der Waals surface area contributed by atoms with Gasteiger partial charge in [0.15, 0.2) is 5.69 Å². The Morgan fingerprint density at radius 1 is 1.23 bits per heavy atom. The van der Waals surface area contributed by atoms with Crippen LogP contribution in [0.15, 0.2) is 23.1 Å². The van der Waals surface area contributed by atoms with Crippen LogP contribution in [-0.4, -0.2) is 61.3 Å². The Labute approximate surface area is 173 Å². The highest BCUT2D eigenvalue weighted by atomic mass is 16.5. The van der Waals surface area contributed by atoms with Crippen molar-refractivity contribution < 1.29 is 14.1 Å². The molecule has 5 rings (SSSR count). The zero-order chi connectivity index (χ0) is 20.6. The van der Waals surface area contributed by atoms with Crippen molar-refractivity contribution in [3.63, 3.8) is 0 Å². The zero-order valence-electron chi connectivity index (χ0n) is 16.8. The average Bonchev–Trinajstić information content (AvgIpc) is 3.47. The Morgan fingerprint density at radius 3 is 2.83 bits per heavy atom. The SMILES string of the molecule is COC1(c2nc(-c3cnccn3)no2)CCN(C(=O)c2n[nH]c3c2CCCC3)CC1. The van der Waals surface area contributed by atoms with Gasteiger partial charge in [-0.1, -0.05) is 5.16 Å². The van der Waals surface area contributed by atoms with Gasteiger partial charge in [-0.05, 0) is 25.7 Å². The zero-order valence-corrected chi connectivity index (χ0v) is 16.8. The van der Waals surface area contributed by atoms with E-state index in [0.717, 1.165) is 36.9 Å². The third-order valence-electron chi connectivity index (χ3n) is 6.12. The topological polar surface area (TPSA) is 123 Å². The van der Waals surface area contributed by atoms with Crippen molar-refractivity contribution in [2.45, 2.75) is 44.1 Å². The summed E-state index contributed by atoms with van der Waals surface area (Å²) in [7, 11) is 1.63. The molecule has 1 aliphatic carbocycles. The van der Waals surface area contributed by atoms with Crippen LogP contribution < -0.4 is 0 Å². The normalized spacial score (nSPS) is 18.2. The maximum atomic E-state index is 13.1. The van der Waals surface area contributed by atoms with E-state index in [4.69, 9.17) is 9.26 Å². The first-order chi connectivity index (χ1) is 14.7. The molecule has 0 spiro atoms. The fraction of sp³-hybridized carbons (Fsp3) is 0.500. The maximum absolute atomic E-state index is 13.1. The molecule has 3 aromatic heterocycles. The van der Waals surface area contributed by atoms with E-state index in [2.05, 4.69) is 30.3 Å². The molecule has 0 bridgehead atoms. The van der Waals surface area contributed by atoms with E-state index in [9.17, 15) is 4.79 Å². The molecule has 0 atom stereocenters. The molecule has 0 unspecified atom stereocenters. The van der Waals surface area contributed by atoms with E-state index >= 15 is 0 Å². The van der Waals surface area contributed by atoms with Crippen LogP contribution in [0.25, 0.3) is 11.5 Å². The summed E-state index contributed by atoms with van der Waals surface area (Å²) in [6.07, 6.45) is 9.99. The lowest BCUT2D eigenvalue weighted by Crippen LogP contribution is -2.46. The Kier molecular flexibility index (Phi) is 4.78. The second-order valence-electron chi connectivity index (χ2n) is 7.74. The van der Waals surface area contributed by atoms with Gasteiger partial charge in [0.2, 0.25) is 5.82 Å². The van der Waals surface area contributed by atoms with Crippen molar-refractivity contribution in [3.05, 3.63) is 41.4 Å². The smallest absolute Gasteiger partial charge is 0.274 e. The Bertz CT molecular complexity index is 1040. The van der Waals surface area contributed by atoms with Gasteiger partial charge < -0.3 is 14.2 Å². The van der Waals surface area contributed by atoms with E-state index in [1.165, 1.54) is 0 Å². The Morgan fingerprint density at radius 2 is 2.07 bits per heavy atom. The van der Waals surface area contributed by atoms with Crippen molar-refractivity contribution in [1.82, 2.24) is 35.2 Å². The molecule has 10 heteroatoms. The third kappa shape index (κ3) is 3.17. The first-order valence-corrected chi connectivity index (χ1v) is 10.2. The molecule has 1 amide bonds. The quantitative estimate of drug-likeness (QED) is 0.693. The minimum absolute atomic E-state index is 0.0233. The fourth-order valence-corrected chi connectivity index (χ4v) is 4.31. The van der Waals surface area contributed by atoms with E-state index in [1.807, 2.05) is 4.90 Å². The van der Waals surface area contributed by atoms with E-state index in [0.29, 0.717) is 49.0 Å². The highest BCUT2D eigenvalue weighted by Gasteiger charge is 2.43. The largest absolute Gasteiger partial charge is 0.368 e. The number of H-pyrrole nitrogens is 1. The molecule has 10 nitrogen and oxygen atoms in total. The number of carbonyl (C=O) groups excluding carboxylic acids is 1. The van der Waals surface area contributed by atoms with Crippen LogP contribution in [0.5, 0.6) is 0 Å². The van der Waals surface area contributed by atoms with Gasteiger partial charge in [-0.3, -0.25) is 14.9 Å². The lowest BCUT2D eigenvalue weighted by Gasteiger charge is -2.38. The number of aryl methyl sites for hydroxylation is 1. The number of rotatable bonds is 4. The third-order valence-corrected chi connectivity index (χ3v) is 6.12. The maximum Gasteiger partial charge on any atom is 0.274 e. The molecular weight excluding hydrogens is 386 g/mol. The number of nitrogens with one attached hydrogen (secondary N) is 1. The molecule has 1 aliphatic heterocycles. The van der Waals surface area contributed by atoms with Gasteiger partial charge >= 0.3 is 0 Å². The van der Waals surface area contributed by atoms with Crippen LogP contribution in [0.4, 0.5) is 0 Å². The number of fused-ring (bicyclic) bond motifs is 1. The molecule has 30 heavy (non-hydrogen) atoms. The van der Waals surface area contributed by atoms with Crippen molar-refractivity contribution >= 4 is 5.91 Å². The van der Waals surface area contributed by atoms with Crippen molar-refractivity contribution in [1.29, 1.82) is 0 Å². The highest BCUT2D eigenvalue weighted by molar-refractivity contribution is 5.94. The standard InChI is InChI=1S/C20H23N7O3/c1-29-20(19-23-17(26-30-19)15-12-21-8-9-22-15)6-10-27(11-7-20)18(28)16-13-4-2-3-5-14(13)24-25-16/h8-9,12H,2-7,10-11H2,1H3,(H,24,25). The number of piperidine rings is 1. The van der Waals surface area contributed by atoms with Gasteiger partial charge in [0.25, 0.3) is 11.8 Å². The van der Waals surface area contributed by atoms with Gasteiger partial charge in [0.05, 0.1) is 6.20 Å². The summed E-state index contributed by atoms with van der Waals surface area (Å²) in [6, 6.07) is 0. The van der Waals surface area contributed by atoms with Crippen molar-refractivity contribution in [2.24, 2.45) is 0 Å². The average molecular weight is 409 g/mol. The number of methoxy groups -OCH3 is 1. The van der Waals surface area contributed by atoms with E-state index < -0.39 is 5.60 Å². The molecule has 1 N–H and O–H groups in total. The highest BCUT2D eigenvalue weighted by Crippen LogP contribution is 2.36. The molecule has 1 saturated heterocycles. The summed E-state index contributed by atoms with van der Waals surface area (Å²) >= 11 is 0. The minimum atomic E-state index is -0.727. The fourth-order valence-electron chi connectivity index (χ4n) is 4.31. The molecular formula is C20H23N7O3. The molecule has 1 fully saturated rings. The van der Waals surface area contributed by atoms with Crippen molar-refractivity contribution in [2.75, 3.05) is 20.2 Å². The number of ether oxygens (including phenoxy) is 1. The van der Waals surface area contributed by atoms with Crippen LogP contribution >= 0.6 is 0 Å². The minimum Gasteiger partial charge on any atom is -0.368 e. The molecule has 156 valence electrons. The summed E-state index contributed by atoms with van der Waals surface area (Å²) < 4.78 is 11.4. The van der Waals surface area contributed by atoms with Crippen molar-refractivity contribution in [3.8, 4) is 11.5 Å². The van der Waals surface area contributed by atoms with Crippen LogP contribution in [0.3, 0.4) is 0 Å². The molecule has 3 aromatic rings. The van der Waals surface area contributed by atoms with Gasteiger partial charge in [-0.2, -0.15) is 10.1 Å². The number of aromatic amines is 1. The number of carbonyl (C=O) groups is 1. The summed E-state index contributed by atoms with van der Waals surface area (Å²) in [6.45, 7) is 1.05. The predicted molar refractivity (Wildman–Crippen MR) is 104 cm³/mol. The van der Waals surface area contributed by atoms with Crippen LogP contribution in [0.1, 0.15) is 53.3 Å². The van der Waals surface area contributed by atoms with Crippen LogP contribution in [-0.2, 0) is 23.2 Å². The summed E-state index contributed by atoms with van der Waals surface area (Å²) in [5.41, 5.74) is 2.57. The second kappa shape index (κ2) is 7.60. The summed E-state index contributed by atoms with van der Waals surface area (Å²) in [4.78, 5) is 27.7. The Balaban J connectivity index is 1.32. The lowest BCUT2D eigenvalue weighted by atomic mass is 9.90. The summed E-state index contributed by atoms with van der Waals surface area (Å²) in [5.74, 6) is 0.746. The number of amides is 1. The molecule has 0 saturated carbocycles. The van der Waals surface area contributed by atoms with Gasteiger partial charge in [0.1, 0.15) is 11.3 Å². The van der Waals surface area contributed by atoms with E-state index in [-0.39, 0.29) is 5.91 Å². The van der Waals surface area contributed by atoms with Gasteiger partial charge in [-0.25, -0.2) is 4.98 Å². The van der Waals surface area contributed by atoms with E-state index in [1.54, 1.807) is 25.7 Å². The first kappa shape index (κ1) is 18.9. The predicted octanol–water partition coefficient (Wildman–Crippen LogP) is 1.91. The Hall–Kier alpha value is -3.14. The van der Waals surface area contributed by atoms with Gasteiger partial charge in [-0.15, -0.1) is 0 Å². The number of hydrogen-bond acceptors (Lipinski definition) is 8. The van der Waals surface area contributed by atoms with Gasteiger partial charge in [0, 0.05) is 56.7 Å². The lowest BCUT2D eigenvalue weighted by molar-refractivity contribution is -0.0780. The summed E-state index contributed by atoms with van der Waals surface area (Å²) in [5, 5.41) is 11.4. The number of aromatic nitrogens is 6. The molecule has 2 aliphatic rings. The monoisotopic (exact) mass is 409 g/mol. The van der Waals surface area contributed by atoms with Crippen LogP contribution in [0.2, 0.25) is 0 Å². The number of hydrogen-bond donors (Lipinski definition) is 1. The number of likely N-dealkylation sites (tertiary alicyclic amines) is 1. The second-order valence-corrected chi connectivity index (χ2v) is 7.74. The molecule has 4 heterocycles. The molecule has 0 aromatic carbocycles. The van der Waals surface area contributed by atoms with Crippen LogP contribution in [0, 0.1) is 0 Å². The number of nitrogens with zero attached hydrogens (tertiary/aromatic N) is 6.